The standard InChI is InChI=1S/C17H21N3O2/c1-19(2)14-8-4-12(5-9-14)11-20(3)17(21)15-10-16(22-18-15)13-6-7-13/h4-5,8-10,13H,6-7,11H2,1-3H3. The van der Waals surface area contributed by atoms with Crippen molar-refractivity contribution < 1.29 is 9.32 Å². The Bertz CT molecular complexity index is 657. The zero-order valence-corrected chi connectivity index (χ0v) is 13.2. The number of carbonyl (C=O) groups is 1. The maximum Gasteiger partial charge on any atom is 0.276 e. The monoisotopic (exact) mass is 299 g/mol. The van der Waals surface area contributed by atoms with Crippen LogP contribution in [-0.2, 0) is 6.54 Å². The molecule has 2 aromatic rings. The average Bonchev–Trinajstić information content (AvgIpc) is 3.24. The highest BCUT2D eigenvalue weighted by Gasteiger charge is 2.29. The van der Waals surface area contributed by atoms with Crippen LogP contribution in [-0.4, -0.2) is 37.1 Å². The number of hydrogen-bond acceptors (Lipinski definition) is 4. The van der Waals surface area contributed by atoms with E-state index in [0.29, 0.717) is 18.2 Å². The normalized spacial score (nSPS) is 14.0. The van der Waals surface area contributed by atoms with Gasteiger partial charge in [0.25, 0.3) is 5.91 Å². The van der Waals surface area contributed by atoms with Crippen LogP contribution in [0.15, 0.2) is 34.9 Å². The fraction of sp³-hybridized carbons (Fsp3) is 0.412. The number of carbonyl (C=O) groups excluding carboxylic acids is 1. The molecule has 1 saturated carbocycles. The molecule has 0 bridgehead atoms. The van der Waals surface area contributed by atoms with Gasteiger partial charge in [-0.1, -0.05) is 17.3 Å². The highest BCUT2D eigenvalue weighted by molar-refractivity contribution is 5.92. The fourth-order valence-corrected chi connectivity index (χ4v) is 2.39. The molecule has 0 aliphatic heterocycles. The van der Waals surface area contributed by atoms with Crippen LogP contribution in [0.5, 0.6) is 0 Å². The summed E-state index contributed by atoms with van der Waals surface area (Å²) >= 11 is 0. The van der Waals surface area contributed by atoms with Crippen molar-refractivity contribution in [2.75, 3.05) is 26.0 Å². The van der Waals surface area contributed by atoms with Crippen LogP contribution in [0.1, 0.15) is 40.6 Å². The predicted molar refractivity (Wildman–Crippen MR) is 85.0 cm³/mol. The summed E-state index contributed by atoms with van der Waals surface area (Å²) in [7, 11) is 5.80. The van der Waals surface area contributed by atoms with Crippen LogP contribution in [0.4, 0.5) is 5.69 Å². The maximum atomic E-state index is 12.4. The van der Waals surface area contributed by atoms with Crippen LogP contribution >= 0.6 is 0 Å². The van der Waals surface area contributed by atoms with Crippen molar-refractivity contribution in [1.29, 1.82) is 0 Å². The van der Waals surface area contributed by atoms with Crippen molar-refractivity contribution in [2.45, 2.75) is 25.3 Å². The summed E-state index contributed by atoms with van der Waals surface area (Å²) in [5, 5.41) is 3.90. The Balaban J connectivity index is 1.64. The van der Waals surface area contributed by atoms with Gasteiger partial charge in [0.15, 0.2) is 5.69 Å². The molecule has 5 heteroatoms. The van der Waals surface area contributed by atoms with Gasteiger partial charge >= 0.3 is 0 Å². The van der Waals surface area contributed by atoms with Gasteiger partial charge < -0.3 is 14.3 Å². The second-order valence-corrected chi connectivity index (χ2v) is 6.11. The molecule has 0 unspecified atom stereocenters. The third-order valence-corrected chi connectivity index (χ3v) is 3.95. The van der Waals surface area contributed by atoms with Crippen LogP contribution in [0.25, 0.3) is 0 Å². The van der Waals surface area contributed by atoms with Crippen LogP contribution in [0.2, 0.25) is 0 Å². The summed E-state index contributed by atoms with van der Waals surface area (Å²) in [6, 6.07) is 9.96. The molecule has 116 valence electrons. The van der Waals surface area contributed by atoms with Gasteiger partial charge in [0.05, 0.1) is 0 Å². The molecule has 0 spiro atoms. The van der Waals surface area contributed by atoms with E-state index in [-0.39, 0.29) is 5.91 Å². The van der Waals surface area contributed by atoms with E-state index < -0.39 is 0 Å². The Kier molecular flexibility index (Phi) is 3.88. The van der Waals surface area contributed by atoms with Gasteiger partial charge in [0, 0.05) is 45.4 Å². The van der Waals surface area contributed by atoms with Gasteiger partial charge in [0.2, 0.25) is 0 Å². The zero-order chi connectivity index (χ0) is 15.7. The first-order valence-electron chi connectivity index (χ1n) is 7.53. The summed E-state index contributed by atoms with van der Waals surface area (Å²) in [4.78, 5) is 16.1. The van der Waals surface area contributed by atoms with Crippen molar-refractivity contribution in [3.63, 3.8) is 0 Å². The SMILES string of the molecule is CN(Cc1ccc(N(C)C)cc1)C(=O)c1cc(C2CC2)on1. The highest BCUT2D eigenvalue weighted by atomic mass is 16.5. The van der Waals surface area contributed by atoms with Gasteiger partial charge in [-0.3, -0.25) is 4.79 Å². The quantitative estimate of drug-likeness (QED) is 0.852. The summed E-state index contributed by atoms with van der Waals surface area (Å²) < 4.78 is 5.25. The third-order valence-electron chi connectivity index (χ3n) is 3.95. The lowest BCUT2D eigenvalue weighted by molar-refractivity contribution is 0.0774. The summed E-state index contributed by atoms with van der Waals surface area (Å²) in [5.41, 5.74) is 2.63. The number of amides is 1. The summed E-state index contributed by atoms with van der Waals surface area (Å²) in [5.74, 6) is 1.21. The Hall–Kier alpha value is -2.30. The van der Waals surface area contributed by atoms with E-state index in [1.54, 1.807) is 18.0 Å². The molecule has 1 aliphatic carbocycles. The second-order valence-electron chi connectivity index (χ2n) is 6.11. The number of rotatable bonds is 5. The highest BCUT2D eigenvalue weighted by Crippen LogP contribution is 2.40. The number of nitrogens with zero attached hydrogens (tertiary/aromatic N) is 3. The molecule has 5 nitrogen and oxygen atoms in total. The molecule has 1 fully saturated rings. The van der Waals surface area contributed by atoms with Gasteiger partial charge in [-0.25, -0.2) is 0 Å². The van der Waals surface area contributed by atoms with Crippen molar-refractivity contribution in [3.8, 4) is 0 Å². The minimum Gasteiger partial charge on any atom is -0.378 e. The van der Waals surface area contributed by atoms with E-state index in [4.69, 9.17) is 4.52 Å². The van der Waals surface area contributed by atoms with Crippen LogP contribution < -0.4 is 4.90 Å². The first-order valence-corrected chi connectivity index (χ1v) is 7.53. The molecule has 0 saturated heterocycles. The number of anilines is 1. The van der Waals surface area contributed by atoms with E-state index in [1.807, 2.05) is 31.1 Å². The lowest BCUT2D eigenvalue weighted by atomic mass is 10.2. The van der Waals surface area contributed by atoms with Gasteiger partial charge in [0.1, 0.15) is 5.76 Å². The van der Waals surface area contributed by atoms with Crippen molar-refractivity contribution in [2.24, 2.45) is 0 Å². The molecule has 0 radical (unpaired) electrons. The van der Waals surface area contributed by atoms with Crippen LogP contribution in [0, 0.1) is 0 Å². The van der Waals surface area contributed by atoms with Crippen molar-refractivity contribution in [3.05, 3.63) is 47.3 Å². The third kappa shape index (κ3) is 3.13. The Morgan fingerprint density at radius 3 is 2.50 bits per heavy atom. The molecule has 0 N–H and O–H groups in total. The van der Waals surface area contributed by atoms with E-state index in [1.165, 1.54) is 0 Å². The number of benzene rings is 1. The molecule has 22 heavy (non-hydrogen) atoms. The molecular formula is C17H21N3O2. The van der Waals surface area contributed by atoms with E-state index in [9.17, 15) is 4.79 Å². The molecule has 1 aromatic heterocycles. The minimum atomic E-state index is -0.104. The lowest BCUT2D eigenvalue weighted by Crippen LogP contribution is -2.26. The Labute approximate surface area is 130 Å². The Morgan fingerprint density at radius 1 is 1.23 bits per heavy atom. The molecule has 1 aliphatic rings. The summed E-state index contributed by atoms with van der Waals surface area (Å²) in [6.45, 7) is 0.554. The lowest BCUT2D eigenvalue weighted by Gasteiger charge is -2.17. The van der Waals surface area contributed by atoms with Gasteiger partial charge in [-0.2, -0.15) is 0 Å². The van der Waals surface area contributed by atoms with E-state index in [0.717, 1.165) is 29.9 Å². The predicted octanol–water partition coefficient (Wildman–Crippen LogP) is 2.89. The molecule has 0 atom stereocenters. The molecule has 1 amide bonds. The molecule has 1 heterocycles. The van der Waals surface area contributed by atoms with Crippen molar-refractivity contribution >= 4 is 11.6 Å². The second kappa shape index (κ2) is 5.83. The van der Waals surface area contributed by atoms with Crippen molar-refractivity contribution in [1.82, 2.24) is 10.1 Å². The Morgan fingerprint density at radius 2 is 1.91 bits per heavy atom. The zero-order valence-electron chi connectivity index (χ0n) is 13.2. The summed E-state index contributed by atoms with van der Waals surface area (Å²) in [6.07, 6.45) is 2.27. The number of aromatic nitrogens is 1. The maximum absolute atomic E-state index is 12.4. The molecule has 3 rings (SSSR count). The van der Waals surface area contributed by atoms with E-state index >= 15 is 0 Å². The average molecular weight is 299 g/mol. The topological polar surface area (TPSA) is 49.6 Å². The van der Waals surface area contributed by atoms with Gasteiger partial charge in [-0.05, 0) is 30.5 Å². The largest absolute Gasteiger partial charge is 0.378 e. The number of hydrogen-bond donors (Lipinski definition) is 0. The molecule has 1 aromatic carbocycles. The first kappa shape index (κ1) is 14.6. The van der Waals surface area contributed by atoms with Crippen LogP contribution in [0.3, 0.4) is 0 Å². The minimum absolute atomic E-state index is 0.104. The fourth-order valence-electron chi connectivity index (χ4n) is 2.39. The van der Waals surface area contributed by atoms with Gasteiger partial charge in [-0.15, -0.1) is 0 Å². The first-order chi connectivity index (χ1) is 10.5. The smallest absolute Gasteiger partial charge is 0.276 e. The molecular weight excluding hydrogens is 278 g/mol. The van der Waals surface area contributed by atoms with E-state index in [2.05, 4.69) is 17.3 Å².